The maximum atomic E-state index is 12.4. The number of ether oxygens (including phenoxy) is 1. The van der Waals surface area contributed by atoms with Crippen LogP contribution in [0.3, 0.4) is 0 Å². The number of hydrogen-bond acceptors (Lipinski definition) is 4. The summed E-state index contributed by atoms with van der Waals surface area (Å²) in [6.45, 7) is 4.43. The minimum atomic E-state index is 0.140. The monoisotopic (exact) mass is 276 g/mol. The van der Waals surface area contributed by atoms with Gasteiger partial charge in [0.15, 0.2) is 5.78 Å². The largest absolute Gasteiger partial charge is 0.496 e. The SMILES string of the molecule is COc1cc(C)ccc1C(=O)CN1CCC(N(C)C)C1. The van der Waals surface area contributed by atoms with E-state index < -0.39 is 0 Å². The van der Waals surface area contributed by atoms with Crippen LogP contribution in [0, 0.1) is 6.92 Å². The van der Waals surface area contributed by atoms with Crippen molar-refractivity contribution in [1.82, 2.24) is 9.80 Å². The summed E-state index contributed by atoms with van der Waals surface area (Å²) in [6, 6.07) is 6.31. The van der Waals surface area contributed by atoms with Gasteiger partial charge in [-0.05, 0) is 45.1 Å². The van der Waals surface area contributed by atoms with Crippen LogP contribution in [-0.2, 0) is 0 Å². The average Bonchev–Trinajstić information content (AvgIpc) is 2.87. The van der Waals surface area contributed by atoms with Crippen molar-refractivity contribution in [2.75, 3.05) is 40.8 Å². The number of nitrogens with zero attached hydrogens (tertiary/aromatic N) is 2. The van der Waals surface area contributed by atoms with Crippen molar-refractivity contribution < 1.29 is 9.53 Å². The van der Waals surface area contributed by atoms with Crippen molar-refractivity contribution in [2.24, 2.45) is 0 Å². The fraction of sp³-hybridized carbons (Fsp3) is 0.562. The molecule has 0 saturated carbocycles. The molecular weight excluding hydrogens is 252 g/mol. The number of Topliss-reactive ketones (excluding diaryl/α,β-unsaturated/α-hetero) is 1. The van der Waals surface area contributed by atoms with Crippen LogP contribution >= 0.6 is 0 Å². The molecule has 1 aliphatic rings. The molecule has 0 radical (unpaired) electrons. The Morgan fingerprint density at radius 1 is 1.45 bits per heavy atom. The van der Waals surface area contributed by atoms with Crippen LogP contribution in [0.4, 0.5) is 0 Å². The van der Waals surface area contributed by atoms with E-state index in [1.54, 1.807) is 7.11 Å². The molecule has 1 heterocycles. The van der Waals surface area contributed by atoms with Gasteiger partial charge in [-0.25, -0.2) is 0 Å². The van der Waals surface area contributed by atoms with Gasteiger partial charge in [0, 0.05) is 19.1 Å². The summed E-state index contributed by atoms with van der Waals surface area (Å²) in [4.78, 5) is 16.9. The van der Waals surface area contributed by atoms with E-state index in [0.29, 0.717) is 23.9 Å². The fourth-order valence-electron chi connectivity index (χ4n) is 2.69. The fourth-order valence-corrected chi connectivity index (χ4v) is 2.69. The summed E-state index contributed by atoms with van der Waals surface area (Å²) >= 11 is 0. The van der Waals surface area contributed by atoms with Crippen LogP contribution in [0.25, 0.3) is 0 Å². The predicted octanol–water partition coefficient (Wildman–Crippen LogP) is 1.82. The molecule has 1 atom stereocenters. The van der Waals surface area contributed by atoms with Crippen molar-refractivity contribution in [3.05, 3.63) is 29.3 Å². The third-order valence-corrected chi connectivity index (χ3v) is 4.00. The van der Waals surface area contributed by atoms with Gasteiger partial charge in [0.2, 0.25) is 0 Å². The zero-order chi connectivity index (χ0) is 14.7. The lowest BCUT2D eigenvalue weighted by atomic mass is 10.1. The third kappa shape index (κ3) is 3.38. The van der Waals surface area contributed by atoms with Crippen molar-refractivity contribution in [3.8, 4) is 5.75 Å². The van der Waals surface area contributed by atoms with Crippen molar-refractivity contribution in [2.45, 2.75) is 19.4 Å². The smallest absolute Gasteiger partial charge is 0.180 e. The molecule has 20 heavy (non-hydrogen) atoms. The van der Waals surface area contributed by atoms with Crippen LogP contribution < -0.4 is 4.74 Å². The second-order valence-corrected chi connectivity index (χ2v) is 5.77. The summed E-state index contributed by atoms with van der Waals surface area (Å²) in [5.74, 6) is 0.819. The molecule has 1 aliphatic heterocycles. The van der Waals surface area contributed by atoms with E-state index in [0.717, 1.165) is 25.1 Å². The lowest BCUT2D eigenvalue weighted by Crippen LogP contribution is -2.33. The van der Waals surface area contributed by atoms with E-state index in [1.807, 2.05) is 25.1 Å². The molecule has 1 aromatic rings. The molecule has 0 spiro atoms. The molecule has 1 saturated heterocycles. The van der Waals surface area contributed by atoms with Crippen LogP contribution in [-0.4, -0.2) is 62.5 Å². The molecule has 1 aromatic carbocycles. The van der Waals surface area contributed by atoms with Crippen molar-refractivity contribution in [3.63, 3.8) is 0 Å². The zero-order valence-electron chi connectivity index (χ0n) is 12.8. The number of carbonyl (C=O) groups excluding carboxylic acids is 1. The first-order valence-corrected chi connectivity index (χ1v) is 7.08. The summed E-state index contributed by atoms with van der Waals surface area (Å²) in [5, 5.41) is 0. The Bertz CT molecular complexity index is 485. The molecule has 4 heteroatoms. The highest BCUT2D eigenvalue weighted by Gasteiger charge is 2.26. The number of ketones is 1. The Morgan fingerprint density at radius 3 is 2.80 bits per heavy atom. The standard InChI is InChI=1S/C16H24N2O2/c1-12-5-6-14(16(9-12)20-4)15(19)11-18-8-7-13(10-18)17(2)3/h5-6,9,13H,7-8,10-11H2,1-4H3. The van der Waals surface area contributed by atoms with Crippen LogP contribution in [0.1, 0.15) is 22.3 Å². The lowest BCUT2D eigenvalue weighted by Gasteiger charge is -2.20. The molecule has 0 amide bonds. The predicted molar refractivity (Wildman–Crippen MR) is 80.6 cm³/mol. The number of aryl methyl sites for hydroxylation is 1. The van der Waals surface area contributed by atoms with Gasteiger partial charge in [-0.15, -0.1) is 0 Å². The topological polar surface area (TPSA) is 32.8 Å². The number of methoxy groups -OCH3 is 1. The summed E-state index contributed by atoms with van der Waals surface area (Å²) in [7, 11) is 5.81. The zero-order valence-corrected chi connectivity index (χ0v) is 12.8. The first-order valence-electron chi connectivity index (χ1n) is 7.08. The molecule has 0 bridgehead atoms. The number of rotatable bonds is 5. The minimum absolute atomic E-state index is 0.140. The van der Waals surface area contributed by atoms with Crippen LogP contribution in [0.5, 0.6) is 5.75 Å². The Balaban J connectivity index is 2.02. The van der Waals surface area contributed by atoms with E-state index in [-0.39, 0.29) is 5.78 Å². The van der Waals surface area contributed by atoms with Crippen molar-refractivity contribution in [1.29, 1.82) is 0 Å². The van der Waals surface area contributed by atoms with Gasteiger partial charge in [-0.2, -0.15) is 0 Å². The number of carbonyl (C=O) groups is 1. The van der Waals surface area contributed by atoms with Gasteiger partial charge in [0.25, 0.3) is 0 Å². The summed E-state index contributed by atoms with van der Waals surface area (Å²) < 4.78 is 5.32. The molecule has 2 rings (SSSR count). The average molecular weight is 276 g/mol. The van der Waals surface area contributed by atoms with Crippen LogP contribution in [0.15, 0.2) is 18.2 Å². The Labute approximate surface area is 121 Å². The van der Waals surface area contributed by atoms with Gasteiger partial charge in [0.05, 0.1) is 19.2 Å². The molecule has 0 aliphatic carbocycles. The Kier molecular flexibility index (Phi) is 4.78. The van der Waals surface area contributed by atoms with Gasteiger partial charge in [-0.3, -0.25) is 9.69 Å². The number of benzene rings is 1. The van der Waals surface area contributed by atoms with E-state index in [1.165, 1.54) is 0 Å². The molecule has 1 fully saturated rings. The Morgan fingerprint density at radius 2 is 2.20 bits per heavy atom. The van der Waals surface area contributed by atoms with E-state index in [2.05, 4.69) is 23.9 Å². The normalized spacial score (nSPS) is 19.6. The highest BCUT2D eigenvalue weighted by atomic mass is 16.5. The molecule has 0 aromatic heterocycles. The second-order valence-electron chi connectivity index (χ2n) is 5.77. The quantitative estimate of drug-likeness (QED) is 0.768. The Hall–Kier alpha value is -1.39. The molecule has 4 nitrogen and oxygen atoms in total. The van der Waals surface area contributed by atoms with Gasteiger partial charge in [-0.1, -0.05) is 6.07 Å². The molecule has 0 N–H and O–H groups in total. The van der Waals surface area contributed by atoms with Gasteiger partial charge < -0.3 is 9.64 Å². The van der Waals surface area contributed by atoms with E-state index in [9.17, 15) is 4.79 Å². The highest BCUT2D eigenvalue weighted by Crippen LogP contribution is 2.22. The first-order chi connectivity index (χ1) is 9.51. The van der Waals surface area contributed by atoms with Gasteiger partial charge in [0.1, 0.15) is 5.75 Å². The van der Waals surface area contributed by atoms with E-state index in [4.69, 9.17) is 4.74 Å². The summed E-state index contributed by atoms with van der Waals surface area (Å²) in [5.41, 5.74) is 1.79. The van der Waals surface area contributed by atoms with Crippen molar-refractivity contribution >= 4 is 5.78 Å². The second kappa shape index (κ2) is 6.37. The summed E-state index contributed by atoms with van der Waals surface area (Å²) in [6.07, 6.45) is 1.13. The minimum Gasteiger partial charge on any atom is -0.496 e. The maximum Gasteiger partial charge on any atom is 0.180 e. The molecular formula is C16H24N2O2. The van der Waals surface area contributed by atoms with E-state index >= 15 is 0 Å². The van der Waals surface area contributed by atoms with Crippen LogP contribution in [0.2, 0.25) is 0 Å². The molecule has 1 unspecified atom stereocenters. The molecule has 110 valence electrons. The van der Waals surface area contributed by atoms with Gasteiger partial charge >= 0.3 is 0 Å². The number of hydrogen-bond donors (Lipinski definition) is 0. The number of likely N-dealkylation sites (tertiary alicyclic amines) is 1. The maximum absolute atomic E-state index is 12.4. The highest BCUT2D eigenvalue weighted by molar-refractivity contribution is 6.00. The lowest BCUT2D eigenvalue weighted by molar-refractivity contribution is 0.0938. The number of likely N-dealkylation sites (N-methyl/N-ethyl adjacent to an activating group) is 1. The third-order valence-electron chi connectivity index (χ3n) is 4.00. The first kappa shape index (κ1) is 15.0.